The van der Waals surface area contributed by atoms with Crippen LogP contribution in [0.3, 0.4) is 0 Å². The van der Waals surface area contributed by atoms with Crippen molar-refractivity contribution in [3.05, 3.63) is 75.1 Å². The van der Waals surface area contributed by atoms with Gasteiger partial charge in [0.1, 0.15) is 10.8 Å². The van der Waals surface area contributed by atoms with Crippen LogP contribution < -0.4 is 5.32 Å². The minimum absolute atomic E-state index is 0.0156. The molecule has 0 unspecified atom stereocenters. The van der Waals surface area contributed by atoms with E-state index in [4.69, 9.17) is 11.6 Å². The van der Waals surface area contributed by atoms with Crippen molar-refractivity contribution >= 4 is 40.6 Å². The van der Waals surface area contributed by atoms with Gasteiger partial charge in [-0.1, -0.05) is 53.7 Å². The number of halogens is 1. The molecule has 1 heterocycles. The zero-order valence-electron chi connectivity index (χ0n) is 14.8. The molecule has 0 spiro atoms. The van der Waals surface area contributed by atoms with Gasteiger partial charge in [-0.05, 0) is 24.6 Å². The summed E-state index contributed by atoms with van der Waals surface area (Å²) in [7, 11) is 0. The van der Waals surface area contributed by atoms with Crippen molar-refractivity contribution < 1.29 is 9.72 Å². The van der Waals surface area contributed by atoms with Gasteiger partial charge in [-0.25, -0.2) is 0 Å². The molecule has 3 aromatic rings. The number of nitro groups is 1. The normalized spacial score (nSPS) is 10.6. The summed E-state index contributed by atoms with van der Waals surface area (Å²) in [5, 5.41) is 22.4. The standard InChI is InChI=1S/C18H16ClN5O3S/c1-12-21-22-18(23(12)10-13-5-3-2-4-6-13)28-11-17(25)20-14-7-8-15(19)16(9-14)24(26)27/h2-9H,10-11H2,1H3,(H,20,25). The van der Waals surface area contributed by atoms with E-state index < -0.39 is 4.92 Å². The van der Waals surface area contributed by atoms with E-state index in [-0.39, 0.29) is 22.4 Å². The molecule has 10 heteroatoms. The highest BCUT2D eigenvalue weighted by molar-refractivity contribution is 7.99. The molecule has 1 aromatic heterocycles. The molecule has 1 N–H and O–H groups in total. The quantitative estimate of drug-likeness (QED) is 0.355. The molecule has 0 aliphatic carbocycles. The van der Waals surface area contributed by atoms with Crippen LogP contribution in [0.5, 0.6) is 0 Å². The van der Waals surface area contributed by atoms with Crippen molar-refractivity contribution in [3.63, 3.8) is 0 Å². The number of hydrogen-bond donors (Lipinski definition) is 1. The Morgan fingerprint density at radius 1 is 1.25 bits per heavy atom. The Morgan fingerprint density at radius 2 is 2.00 bits per heavy atom. The lowest BCUT2D eigenvalue weighted by atomic mass is 10.2. The first-order chi connectivity index (χ1) is 13.4. The van der Waals surface area contributed by atoms with Crippen LogP contribution in [-0.2, 0) is 11.3 Å². The van der Waals surface area contributed by atoms with Gasteiger partial charge >= 0.3 is 0 Å². The van der Waals surface area contributed by atoms with E-state index in [2.05, 4.69) is 15.5 Å². The Hall–Kier alpha value is -2.91. The molecule has 0 aliphatic rings. The molecule has 0 saturated heterocycles. The molecule has 0 atom stereocenters. The number of nitro benzene ring substituents is 1. The van der Waals surface area contributed by atoms with Gasteiger partial charge in [0.2, 0.25) is 5.91 Å². The number of benzene rings is 2. The van der Waals surface area contributed by atoms with Crippen molar-refractivity contribution in [3.8, 4) is 0 Å². The number of aromatic nitrogens is 3. The lowest BCUT2D eigenvalue weighted by Crippen LogP contribution is -2.15. The van der Waals surface area contributed by atoms with Gasteiger partial charge in [0, 0.05) is 11.8 Å². The van der Waals surface area contributed by atoms with Crippen LogP contribution in [0.1, 0.15) is 11.4 Å². The summed E-state index contributed by atoms with van der Waals surface area (Å²) in [6.45, 7) is 2.46. The van der Waals surface area contributed by atoms with Gasteiger partial charge in [0.15, 0.2) is 5.16 Å². The van der Waals surface area contributed by atoms with Gasteiger partial charge < -0.3 is 9.88 Å². The van der Waals surface area contributed by atoms with Crippen molar-refractivity contribution in [1.82, 2.24) is 14.8 Å². The number of anilines is 1. The number of nitrogens with zero attached hydrogens (tertiary/aromatic N) is 4. The van der Waals surface area contributed by atoms with Crippen LogP contribution in [-0.4, -0.2) is 31.3 Å². The van der Waals surface area contributed by atoms with Crippen molar-refractivity contribution in [2.45, 2.75) is 18.6 Å². The fourth-order valence-electron chi connectivity index (χ4n) is 2.47. The highest BCUT2D eigenvalue weighted by Crippen LogP contribution is 2.27. The van der Waals surface area contributed by atoms with Crippen LogP contribution >= 0.6 is 23.4 Å². The summed E-state index contributed by atoms with van der Waals surface area (Å²) in [4.78, 5) is 22.6. The Morgan fingerprint density at radius 3 is 2.71 bits per heavy atom. The molecule has 0 aliphatic heterocycles. The maximum absolute atomic E-state index is 12.2. The van der Waals surface area contributed by atoms with Crippen LogP contribution in [0.15, 0.2) is 53.7 Å². The van der Waals surface area contributed by atoms with E-state index in [1.807, 2.05) is 41.8 Å². The maximum atomic E-state index is 12.2. The third-order valence-corrected chi connectivity index (χ3v) is 5.13. The van der Waals surface area contributed by atoms with E-state index in [9.17, 15) is 14.9 Å². The van der Waals surface area contributed by atoms with E-state index in [1.165, 1.54) is 30.0 Å². The molecular weight excluding hydrogens is 402 g/mol. The second-order valence-electron chi connectivity index (χ2n) is 5.86. The number of amides is 1. The molecule has 0 fully saturated rings. The van der Waals surface area contributed by atoms with E-state index in [1.54, 1.807) is 0 Å². The third-order valence-electron chi connectivity index (χ3n) is 3.84. The van der Waals surface area contributed by atoms with Gasteiger partial charge in [-0.15, -0.1) is 10.2 Å². The number of aryl methyl sites for hydroxylation is 1. The van der Waals surface area contributed by atoms with Crippen LogP contribution in [0.2, 0.25) is 5.02 Å². The molecule has 0 radical (unpaired) electrons. The Kier molecular flexibility index (Phi) is 6.27. The SMILES string of the molecule is Cc1nnc(SCC(=O)Nc2ccc(Cl)c([N+](=O)[O-])c2)n1Cc1ccccc1. The summed E-state index contributed by atoms with van der Waals surface area (Å²) >= 11 is 7.02. The number of hydrogen-bond acceptors (Lipinski definition) is 6. The second-order valence-corrected chi connectivity index (χ2v) is 7.21. The predicted molar refractivity (Wildman–Crippen MR) is 108 cm³/mol. The maximum Gasteiger partial charge on any atom is 0.289 e. The largest absolute Gasteiger partial charge is 0.325 e. The Bertz CT molecular complexity index is 1010. The summed E-state index contributed by atoms with van der Waals surface area (Å²) in [6, 6.07) is 14.0. The van der Waals surface area contributed by atoms with Gasteiger partial charge in [0.25, 0.3) is 5.69 Å². The smallest absolute Gasteiger partial charge is 0.289 e. The molecule has 2 aromatic carbocycles. The van der Waals surface area contributed by atoms with Gasteiger partial charge in [-0.3, -0.25) is 14.9 Å². The summed E-state index contributed by atoms with van der Waals surface area (Å²) in [5.41, 5.74) is 1.15. The van der Waals surface area contributed by atoms with E-state index in [0.717, 1.165) is 11.4 Å². The summed E-state index contributed by atoms with van der Waals surface area (Å²) < 4.78 is 1.93. The summed E-state index contributed by atoms with van der Waals surface area (Å²) in [5.74, 6) is 0.525. The minimum atomic E-state index is -0.596. The highest BCUT2D eigenvalue weighted by Gasteiger charge is 2.15. The zero-order chi connectivity index (χ0) is 20.1. The molecule has 144 valence electrons. The molecule has 8 nitrogen and oxygen atoms in total. The number of rotatable bonds is 7. The summed E-state index contributed by atoms with van der Waals surface area (Å²) in [6.07, 6.45) is 0. The average molecular weight is 418 g/mol. The first kappa shape index (κ1) is 19.8. The van der Waals surface area contributed by atoms with Crippen LogP contribution in [0.25, 0.3) is 0 Å². The van der Waals surface area contributed by atoms with Crippen LogP contribution in [0.4, 0.5) is 11.4 Å². The molecule has 28 heavy (non-hydrogen) atoms. The molecule has 0 bridgehead atoms. The zero-order valence-corrected chi connectivity index (χ0v) is 16.4. The first-order valence-electron chi connectivity index (χ1n) is 8.24. The molecule has 1 amide bonds. The first-order valence-corrected chi connectivity index (χ1v) is 9.60. The fraction of sp³-hybridized carbons (Fsp3) is 0.167. The Labute approximate surface area is 170 Å². The number of thioether (sulfide) groups is 1. The lowest BCUT2D eigenvalue weighted by molar-refractivity contribution is -0.384. The van der Waals surface area contributed by atoms with Crippen molar-refractivity contribution in [1.29, 1.82) is 0 Å². The molecule has 0 saturated carbocycles. The fourth-order valence-corrected chi connectivity index (χ4v) is 3.44. The predicted octanol–water partition coefficient (Wildman–Crippen LogP) is 3.93. The monoisotopic (exact) mass is 417 g/mol. The second kappa shape index (κ2) is 8.85. The topological polar surface area (TPSA) is 103 Å². The number of nitrogens with one attached hydrogen (secondary N) is 1. The highest BCUT2D eigenvalue weighted by atomic mass is 35.5. The number of carbonyl (C=O) groups excluding carboxylic acids is 1. The van der Waals surface area contributed by atoms with Crippen molar-refractivity contribution in [2.75, 3.05) is 11.1 Å². The van der Waals surface area contributed by atoms with Crippen LogP contribution in [0, 0.1) is 17.0 Å². The van der Waals surface area contributed by atoms with Gasteiger partial charge in [0.05, 0.1) is 17.2 Å². The average Bonchev–Trinajstić information content (AvgIpc) is 3.02. The third kappa shape index (κ3) is 4.87. The molecule has 3 rings (SSSR count). The van der Waals surface area contributed by atoms with E-state index >= 15 is 0 Å². The van der Waals surface area contributed by atoms with Crippen molar-refractivity contribution in [2.24, 2.45) is 0 Å². The molecular formula is C18H16ClN5O3S. The van der Waals surface area contributed by atoms with Gasteiger partial charge in [-0.2, -0.15) is 0 Å². The van der Waals surface area contributed by atoms with E-state index in [0.29, 0.717) is 17.4 Å². The lowest BCUT2D eigenvalue weighted by Gasteiger charge is -2.09. The number of carbonyl (C=O) groups is 1. The minimum Gasteiger partial charge on any atom is -0.325 e. The Balaban J connectivity index is 1.64.